The van der Waals surface area contributed by atoms with E-state index in [-0.39, 0.29) is 11.1 Å². The maximum atomic E-state index is 13.0. The number of carbonyl (C=O) groups excluding carboxylic acids is 1. The Labute approximate surface area is 204 Å². The van der Waals surface area contributed by atoms with Gasteiger partial charge in [0.05, 0.1) is 11.4 Å². The first-order chi connectivity index (χ1) is 16.7. The van der Waals surface area contributed by atoms with Crippen molar-refractivity contribution < 1.29 is 9.53 Å². The molecule has 34 heavy (non-hydrogen) atoms. The summed E-state index contributed by atoms with van der Waals surface area (Å²) in [6, 6.07) is 35.8. The minimum absolute atomic E-state index is 0.257. The van der Waals surface area contributed by atoms with E-state index in [9.17, 15) is 4.79 Å². The third-order valence-electron chi connectivity index (χ3n) is 4.88. The van der Waals surface area contributed by atoms with Gasteiger partial charge in [-0.15, -0.1) is 0 Å². The van der Waals surface area contributed by atoms with E-state index in [4.69, 9.17) is 17.0 Å². The summed E-state index contributed by atoms with van der Waals surface area (Å²) in [5.41, 5.74) is 8.75. The van der Waals surface area contributed by atoms with Crippen LogP contribution in [0, 0.1) is 0 Å². The summed E-state index contributed by atoms with van der Waals surface area (Å²) in [5, 5.41) is 3.31. The molecule has 0 radical (unpaired) electrons. The van der Waals surface area contributed by atoms with Crippen LogP contribution >= 0.6 is 12.2 Å². The lowest BCUT2D eigenvalue weighted by atomic mass is 10.2. The zero-order valence-electron chi connectivity index (χ0n) is 18.3. The topological polar surface area (TPSA) is 65.6 Å². The quantitative estimate of drug-likeness (QED) is 0.239. The summed E-state index contributed by atoms with van der Waals surface area (Å²) in [5.74, 6) is 0.753. The molecule has 0 aliphatic carbocycles. The van der Waals surface area contributed by atoms with E-state index in [1.807, 2.05) is 115 Å². The summed E-state index contributed by atoms with van der Waals surface area (Å²) >= 11 is 5.34. The number of carbonyl (C=O) groups is 1. The molecule has 0 saturated heterocycles. The van der Waals surface area contributed by atoms with Crippen molar-refractivity contribution in [2.24, 2.45) is 0 Å². The minimum Gasteiger partial charge on any atom is -0.489 e. The number of rotatable bonds is 6. The number of amides is 2. The second-order valence-electron chi connectivity index (χ2n) is 7.31. The number of anilines is 3. The van der Waals surface area contributed by atoms with Gasteiger partial charge in [0, 0.05) is 5.69 Å². The molecule has 4 rings (SSSR count). The van der Waals surface area contributed by atoms with Crippen molar-refractivity contribution in [3.63, 3.8) is 0 Å². The van der Waals surface area contributed by atoms with Crippen LogP contribution in [-0.2, 0) is 6.61 Å². The Bertz CT molecular complexity index is 1160. The van der Waals surface area contributed by atoms with Crippen molar-refractivity contribution in [2.75, 3.05) is 10.2 Å². The van der Waals surface area contributed by atoms with Crippen molar-refractivity contribution in [1.29, 1.82) is 0 Å². The van der Waals surface area contributed by atoms with Crippen LogP contribution in [0.5, 0.6) is 5.75 Å². The Morgan fingerprint density at radius 1 is 0.706 bits per heavy atom. The van der Waals surface area contributed by atoms with E-state index >= 15 is 0 Å². The van der Waals surface area contributed by atoms with E-state index in [1.54, 1.807) is 4.90 Å². The number of thiocarbonyl (C=S) groups is 1. The molecule has 3 N–H and O–H groups in total. The first-order valence-electron chi connectivity index (χ1n) is 10.7. The molecule has 170 valence electrons. The van der Waals surface area contributed by atoms with Gasteiger partial charge in [-0.05, 0) is 66.3 Å². The summed E-state index contributed by atoms with van der Waals surface area (Å²) < 4.78 is 5.80. The van der Waals surface area contributed by atoms with Crippen LogP contribution in [-0.4, -0.2) is 11.1 Å². The van der Waals surface area contributed by atoms with Crippen LogP contribution in [0.2, 0.25) is 0 Å². The number of para-hydroxylation sites is 2. The van der Waals surface area contributed by atoms with Gasteiger partial charge in [0.2, 0.25) is 0 Å². The molecule has 0 unspecified atom stereocenters. The molecule has 2 amide bonds. The molecule has 7 heteroatoms. The first-order valence-corrected chi connectivity index (χ1v) is 11.1. The molecular weight excluding hydrogens is 444 g/mol. The molecule has 0 atom stereocenters. The third kappa shape index (κ3) is 6.34. The number of nitrogens with one attached hydrogen (secondary N) is 3. The fourth-order valence-electron chi connectivity index (χ4n) is 3.24. The Morgan fingerprint density at radius 2 is 1.24 bits per heavy atom. The van der Waals surface area contributed by atoms with Gasteiger partial charge in [-0.25, -0.2) is 10.2 Å². The molecule has 0 heterocycles. The lowest BCUT2D eigenvalue weighted by Gasteiger charge is -2.24. The van der Waals surface area contributed by atoms with E-state index < -0.39 is 0 Å². The summed E-state index contributed by atoms with van der Waals surface area (Å²) in [7, 11) is 0. The van der Waals surface area contributed by atoms with E-state index in [1.165, 1.54) is 0 Å². The molecule has 6 nitrogen and oxygen atoms in total. The van der Waals surface area contributed by atoms with Gasteiger partial charge in [-0.2, -0.15) is 0 Å². The number of hydrogen-bond donors (Lipinski definition) is 3. The predicted molar refractivity (Wildman–Crippen MR) is 140 cm³/mol. The minimum atomic E-state index is -0.369. The zero-order valence-corrected chi connectivity index (χ0v) is 19.2. The maximum absolute atomic E-state index is 13.0. The van der Waals surface area contributed by atoms with Crippen LogP contribution in [0.3, 0.4) is 0 Å². The Morgan fingerprint density at radius 3 is 1.79 bits per heavy atom. The lowest BCUT2D eigenvalue weighted by Crippen LogP contribution is -2.48. The molecular formula is C27H24N4O2S. The summed E-state index contributed by atoms with van der Waals surface area (Å²) in [4.78, 5) is 14.5. The highest BCUT2D eigenvalue weighted by molar-refractivity contribution is 7.80. The van der Waals surface area contributed by atoms with E-state index in [0.29, 0.717) is 6.61 Å². The van der Waals surface area contributed by atoms with E-state index in [0.717, 1.165) is 28.4 Å². The lowest BCUT2D eigenvalue weighted by molar-refractivity contribution is 0.247. The van der Waals surface area contributed by atoms with Crippen LogP contribution in [0.25, 0.3) is 0 Å². The molecule has 0 bridgehead atoms. The van der Waals surface area contributed by atoms with Gasteiger partial charge in [0.1, 0.15) is 12.4 Å². The normalized spacial score (nSPS) is 10.1. The number of hydrogen-bond acceptors (Lipinski definition) is 3. The molecule has 0 aliphatic heterocycles. The molecule has 0 spiro atoms. The highest BCUT2D eigenvalue weighted by atomic mass is 32.1. The monoisotopic (exact) mass is 468 g/mol. The largest absolute Gasteiger partial charge is 0.489 e. The second-order valence-corrected chi connectivity index (χ2v) is 7.72. The number of ether oxygens (including phenoxy) is 1. The van der Waals surface area contributed by atoms with Gasteiger partial charge < -0.3 is 10.1 Å². The summed E-state index contributed by atoms with van der Waals surface area (Å²) in [6.45, 7) is 0.499. The smallest absolute Gasteiger partial charge is 0.345 e. The summed E-state index contributed by atoms with van der Waals surface area (Å²) in [6.07, 6.45) is 0. The Balaban J connectivity index is 1.31. The highest BCUT2D eigenvalue weighted by Gasteiger charge is 2.17. The van der Waals surface area contributed by atoms with Crippen molar-refractivity contribution in [3.8, 4) is 5.75 Å². The maximum Gasteiger partial charge on any atom is 0.345 e. The van der Waals surface area contributed by atoms with Crippen LogP contribution in [0.1, 0.15) is 5.56 Å². The van der Waals surface area contributed by atoms with Crippen LogP contribution < -0.4 is 25.8 Å². The molecule has 0 fully saturated rings. The molecule has 0 aromatic heterocycles. The highest BCUT2D eigenvalue weighted by Crippen LogP contribution is 2.24. The van der Waals surface area contributed by atoms with Gasteiger partial charge >= 0.3 is 6.03 Å². The Kier molecular flexibility index (Phi) is 7.71. The van der Waals surface area contributed by atoms with Gasteiger partial charge in [0.15, 0.2) is 5.11 Å². The average Bonchev–Trinajstić information content (AvgIpc) is 2.89. The fraction of sp³-hybridized carbons (Fsp3) is 0.0370. The van der Waals surface area contributed by atoms with Crippen molar-refractivity contribution in [1.82, 2.24) is 10.9 Å². The van der Waals surface area contributed by atoms with Crippen LogP contribution in [0.4, 0.5) is 21.9 Å². The van der Waals surface area contributed by atoms with Gasteiger partial charge in [-0.3, -0.25) is 10.3 Å². The number of nitrogens with zero attached hydrogens (tertiary/aromatic N) is 1. The van der Waals surface area contributed by atoms with Crippen molar-refractivity contribution in [2.45, 2.75) is 6.61 Å². The number of benzene rings is 4. The number of urea groups is 1. The predicted octanol–water partition coefficient (Wildman–Crippen LogP) is 6.01. The molecule has 4 aromatic carbocycles. The van der Waals surface area contributed by atoms with Crippen molar-refractivity contribution in [3.05, 3.63) is 121 Å². The first kappa shape index (κ1) is 22.8. The molecule has 0 aliphatic rings. The van der Waals surface area contributed by atoms with Crippen molar-refractivity contribution >= 4 is 40.4 Å². The van der Waals surface area contributed by atoms with E-state index in [2.05, 4.69) is 16.2 Å². The Hall–Kier alpha value is -4.36. The molecule has 4 aromatic rings. The van der Waals surface area contributed by atoms with Gasteiger partial charge in [-0.1, -0.05) is 66.7 Å². The van der Waals surface area contributed by atoms with Gasteiger partial charge in [0.25, 0.3) is 0 Å². The molecule has 0 saturated carbocycles. The average molecular weight is 469 g/mol. The number of hydrazine groups is 1. The van der Waals surface area contributed by atoms with Crippen LogP contribution in [0.15, 0.2) is 115 Å². The zero-order chi connectivity index (χ0) is 23.6. The fourth-order valence-corrected chi connectivity index (χ4v) is 3.41. The second kappa shape index (κ2) is 11.5. The SMILES string of the molecule is O=C(NNC(=S)Nc1ccc(OCc2ccccc2)cc1)N(c1ccccc1)c1ccccc1. The third-order valence-corrected chi connectivity index (χ3v) is 5.08. The standard InChI is InChI=1S/C27H24N4O2S/c32-27(31(23-12-6-2-7-13-23)24-14-8-3-9-15-24)30-29-26(34)28-22-16-18-25(19-17-22)33-20-21-10-4-1-5-11-21/h1-19H,20H2,(H,30,32)(H2,28,29,34).